The summed E-state index contributed by atoms with van der Waals surface area (Å²) in [7, 11) is 0. The van der Waals surface area contributed by atoms with Crippen LogP contribution < -0.4 is 0 Å². The van der Waals surface area contributed by atoms with Crippen LogP contribution in [0.2, 0.25) is 0 Å². The highest BCUT2D eigenvalue weighted by atomic mass is 19.1. The summed E-state index contributed by atoms with van der Waals surface area (Å²) in [5, 5.41) is 19.6. The van der Waals surface area contributed by atoms with Gasteiger partial charge in [0.15, 0.2) is 0 Å². The second kappa shape index (κ2) is 8.04. The second-order valence-corrected chi connectivity index (χ2v) is 6.41. The standard InChI is InChI=1S/C21H18FNO5/c22-15-10-8-13(9-11-15)18-17(19(26)14-5-2-1-3-6-14)20(27)21(28)23(18)12-4-7-16(24)25/h1-3,5-6,8-11,18,26H,4,7,12H2,(H,24,25)/b19-17+/t18-/m0/s1. The molecule has 0 bridgehead atoms. The summed E-state index contributed by atoms with van der Waals surface area (Å²) in [6, 6.07) is 12.7. The minimum absolute atomic E-state index is 0.0183. The van der Waals surface area contributed by atoms with Gasteiger partial charge in [-0.2, -0.15) is 0 Å². The number of aliphatic hydroxyl groups is 1. The van der Waals surface area contributed by atoms with E-state index in [0.29, 0.717) is 11.1 Å². The third-order valence-electron chi connectivity index (χ3n) is 4.56. The number of Topliss-reactive ketones (excluding diaryl/α,β-unsaturated/α-hetero) is 1. The molecule has 1 heterocycles. The lowest BCUT2D eigenvalue weighted by Gasteiger charge is -2.25. The van der Waals surface area contributed by atoms with E-state index in [2.05, 4.69) is 0 Å². The summed E-state index contributed by atoms with van der Waals surface area (Å²) >= 11 is 0. The normalized spacial score (nSPS) is 18.5. The minimum atomic E-state index is -1.01. The maximum Gasteiger partial charge on any atom is 0.303 e. The lowest BCUT2D eigenvalue weighted by atomic mass is 9.95. The van der Waals surface area contributed by atoms with Gasteiger partial charge in [-0.05, 0) is 24.1 Å². The van der Waals surface area contributed by atoms with E-state index < -0.39 is 29.5 Å². The number of carbonyl (C=O) groups excluding carboxylic acids is 2. The molecule has 0 radical (unpaired) electrons. The molecule has 3 rings (SSSR count). The van der Waals surface area contributed by atoms with Gasteiger partial charge in [0, 0.05) is 18.5 Å². The van der Waals surface area contributed by atoms with Crippen molar-refractivity contribution in [1.29, 1.82) is 0 Å². The van der Waals surface area contributed by atoms with Crippen molar-refractivity contribution in [2.45, 2.75) is 18.9 Å². The SMILES string of the molecule is O=C(O)CCCN1C(=O)C(=O)/C(=C(/O)c2ccccc2)[C@@H]1c1ccc(F)cc1. The van der Waals surface area contributed by atoms with Crippen molar-refractivity contribution in [1.82, 2.24) is 4.90 Å². The molecule has 2 N–H and O–H groups in total. The molecule has 144 valence electrons. The van der Waals surface area contributed by atoms with E-state index in [-0.39, 0.29) is 30.7 Å². The van der Waals surface area contributed by atoms with Crippen molar-refractivity contribution in [3.05, 3.63) is 77.1 Å². The molecule has 7 heteroatoms. The Bertz CT molecular complexity index is 937. The summed E-state index contributed by atoms with van der Waals surface area (Å²) in [5.41, 5.74) is 0.727. The van der Waals surface area contributed by atoms with E-state index in [1.807, 2.05) is 0 Å². The van der Waals surface area contributed by atoms with Crippen LogP contribution in [0, 0.1) is 5.82 Å². The van der Waals surface area contributed by atoms with Gasteiger partial charge in [0.05, 0.1) is 11.6 Å². The molecular formula is C21H18FNO5. The first-order valence-electron chi connectivity index (χ1n) is 8.71. The van der Waals surface area contributed by atoms with Crippen LogP contribution in [-0.4, -0.2) is 39.3 Å². The minimum Gasteiger partial charge on any atom is -0.507 e. The van der Waals surface area contributed by atoms with E-state index in [4.69, 9.17) is 5.11 Å². The molecule has 0 aromatic heterocycles. The Hall–Kier alpha value is -3.48. The van der Waals surface area contributed by atoms with Crippen LogP contribution in [0.25, 0.3) is 5.76 Å². The smallest absolute Gasteiger partial charge is 0.303 e. The Kier molecular flexibility index (Phi) is 5.54. The molecule has 1 saturated heterocycles. The van der Waals surface area contributed by atoms with Crippen LogP contribution in [0.15, 0.2) is 60.2 Å². The first kappa shape index (κ1) is 19.3. The number of rotatable bonds is 6. The molecule has 0 aliphatic carbocycles. The number of benzene rings is 2. The van der Waals surface area contributed by atoms with Crippen LogP contribution in [0.3, 0.4) is 0 Å². The number of halogens is 1. The Morgan fingerprint density at radius 1 is 1.00 bits per heavy atom. The quantitative estimate of drug-likeness (QED) is 0.454. The highest BCUT2D eigenvalue weighted by molar-refractivity contribution is 6.46. The van der Waals surface area contributed by atoms with Crippen molar-refractivity contribution in [3.8, 4) is 0 Å². The predicted molar refractivity (Wildman–Crippen MR) is 98.7 cm³/mol. The third kappa shape index (κ3) is 3.78. The highest BCUT2D eigenvalue weighted by Gasteiger charge is 2.45. The van der Waals surface area contributed by atoms with Crippen LogP contribution in [0.5, 0.6) is 0 Å². The first-order valence-corrected chi connectivity index (χ1v) is 8.71. The Labute approximate surface area is 160 Å². The zero-order valence-corrected chi connectivity index (χ0v) is 14.8. The molecule has 2 aromatic carbocycles. The van der Waals surface area contributed by atoms with E-state index in [9.17, 15) is 23.9 Å². The largest absolute Gasteiger partial charge is 0.507 e. The number of hydrogen-bond donors (Lipinski definition) is 2. The van der Waals surface area contributed by atoms with Crippen molar-refractivity contribution in [2.24, 2.45) is 0 Å². The fourth-order valence-corrected chi connectivity index (χ4v) is 3.25. The topological polar surface area (TPSA) is 94.9 Å². The molecule has 2 aromatic rings. The molecule has 28 heavy (non-hydrogen) atoms. The van der Waals surface area contributed by atoms with Gasteiger partial charge in [-0.25, -0.2) is 4.39 Å². The highest BCUT2D eigenvalue weighted by Crippen LogP contribution is 2.39. The average Bonchev–Trinajstić information content (AvgIpc) is 2.93. The first-order chi connectivity index (χ1) is 13.4. The molecule has 1 amide bonds. The average molecular weight is 383 g/mol. The van der Waals surface area contributed by atoms with Gasteiger partial charge in [0.2, 0.25) is 0 Å². The van der Waals surface area contributed by atoms with Crippen molar-refractivity contribution in [2.75, 3.05) is 6.54 Å². The molecule has 1 atom stereocenters. The predicted octanol–water partition coefficient (Wildman–Crippen LogP) is 3.11. The fraction of sp³-hybridized carbons (Fsp3) is 0.190. The molecular weight excluding hydrogens is 365 g/mol. The van der Waals surface area contributed by atoms with Gasteiger partial charge in [-0.15, -0.1) is 0 Å². The summed E-state index contributed by atoms with van der Waals surface area (Å²) in [6.45, 7) is 0.0183. The fourth-order valence-electron chi connectivity index (χ4n) is 3.25. The monoisotopic (exact) mass is 383 g/mol. The lowest BCUT2D eigenvalue weighted by Crippen LogP contribution is -2.31. The van der Waals surface area contributed by atoms with Gasteiger partial charge >= 0.3 is 5.97 Å². The van der Waals surface area contributed by atoms with E-state index in [1.54, 1.807) is 30.3 Å². The molecule has 0 saturated carbocycles. The molecule has 0 spiro atoms. The van der Waals surface area contributed by atoms with Crippen LogP contribution in [-0.2, 0) is 14.4 Å². The van der Waals surface area contributed by atoms with Gasteiger partial charge in [-0.1, -0.05) is 42.5 Å². The van der Waals surface area contributed by atoms with Gasteiger partial charge in [0.25, 0.3) is 11.7 Å². The molecule has 0 unspecified atom stereocenters. The van der Waals surface area contributed by atoms with Crippen molar-refractivity contribution >= 4 is 23.4 Å². The lowest BCUT2D eigenvalue weighted by molar-refractivity contribution is -0.140. The van der Waals surface area contributed by atoms with Crippen LogP contribution >= 0.6 is 0 Å². The summed E-state index contributed by atoms with van der Waals surface area (Å²) in [4.78, 5) is 37.3. The summed E-state index contributed by atoms with van der Waals surface area (Å²) in [5.74, 6) is -3.49. The zero-order valence-electron chi connectivity index (χ0n) is 14.8. The van der Waals surface area contributed by atoms with Crippen LogP contribution in [0.1, 0.15) is 30.0 Å². The van der Waals surface area contributed by atoms with E-state index in [0.717, 1.165) is 0 Å². The maximum atomic E-state index is 13.4. The Balaban J connectivity index is 2.08. The molecule has 1 fully saturated rings. The van der Waals surface area contributed by atoms with Crippen molar-refractivity contribution in [3.63, 3.8) is 0 Å². The Morgan fingerprint density at radius 3 is 2.25 bits per heavy atom. The molecule has 6 nitrogen and oxygen atoms in total. The number of carboxylic acids is 1. The zero-order chi connectivity index (χ0) is 20.3. The maximum absolute atomic E-state index is 13.4. The summed E-state index contributed by atoms with van der Waals surface area (Å²) < 4.78 is 13.4. The number of hydrogen-bond acceptors (Lipinski definition) is 4. The number of nitrogens with zero attached hydrogens (tertiary/aromatic N) is 1. The number of carboxylic acid groups (broad SMARTS) is 1. The van der Waals surface area contributed by atoms with Crippen LogP contribution in [0.4, 0.5) is 4.39 Å². The van der Waals surface area contributed by atoms with E-state index >= 15 is 0 Å². The van der Waals surface area contributed by atoms with Gasteiger partial charge in [0.1, 0.15) is 11.6 Å². The molecule has 1 aliphatic heterocycles. The molecule has 1 aliphatic rings. The van der Waals surface area contributed by atoms with Crippen molar-refractivity contribution < 1.29 is 29.0 Å². The number of likely N-dealkylation sites (tertiary alicyclic amines) is 1. The second-order valence-electron chi connectivity index (χ2n) is 6.41. The third-order valence-corrected chi connectivity index (χ3v) is 4.56. The summed E-state index contributed by atoms with van der Waals surface area (Å²) in [6.07, 6.45) is -0.0246. The number of amides is 1. The number of ketones is 1. The van der Waals surface area contributed by atoms with E-state index in [1.165, 1.54) is 29.2 Å². The Morgan fingerprint density at radius 2 is 1.64 bits per heavy atom. The number of carbonyl (C=O) groups is 3. The number of aliphatic carboxylic acids is 1. The van der Waals surface area contributed by atoms with Gasteiger partial charge in [-0.3, -0.25) is 14.4 Å². The van der Waals surface area contributed by atoms with Gasteiger partial charge < -0.3 is 15.1 Å². The number of aliphatic hydroxyl groups excluding tert-OH is 1.